The summed E-state index contributed by atoms with van der Waals surface area (Å²) >= 11 is 5.22. The summed E-state index contributed by atoms with van der Waals surface area (Å²) in [6, 6.07) is 12.1. The van der Waals surface area contributed by atoms with Gasteiger partial charge in [0.15, 0.2) is 0 Å². The molecule has 0 aliphatic rings. The van der Waals surface area contributed by atoms with Crippen LogP contribution >= 0.6 is 38.5 Å². The van der Waals surface area contributed by atoms with Crippen LogP contribution in [0.3, 0.4) is 0 Å². The second-order valence-electron chi connectivity index (χ2n) is 4.91. The molecule has 0 saturated heterocycles. The van der Waals surface area contributed by atoms with Gasteiger partial charge in [-0.25, -0.2) is 0 Å². The van der Waals surface area contributed by atoms with Gasteiger partial charge in [-0.3, -0.25) is 4.79 Å². The lowest BCUT2D eigenvalue weighted by Crippen LogP contribution is -2.13. The Balaban J connectivity index is 2.19. The van der Waals surface area contributed by atoms with Crippen molar-refractivity contribution in [3.63, 3.8) is 0 Å². The van der Waals surface area contributed by atoms with Crippen molar-refractivity contribution in [2.45, 2.75) is 6.92 Å². The van der Waals surface area contributed by atoms with E-state index in [9.17, 15) is 15.2 Å². The number of carbonyl (C=O) groups excluding carboxylic acids is 1. The van der Waals surface area contributed by atoms with Gasteiger partial charge in [-0.2, -0.15) is 5.26 Å². The van der Waals surface area contributed by atoms with Gasteiger partial charge >= 0.3 is 0 Å². The number of phenolic OH excluding ortho intramolecular Hbond substituents is 1. The number of rotatable bonds is 5. The quantitative estimate of drug-likeness (QED) is 0.345. The summed E-state index contributed by atoms with van der Waals surface area (Å²) in [5, 5.41) is 21.7. The average Bonchev–Trinajstić information content (AvgIpc) is 2.59. The van der Waals surface area contributed by atoms with Crippen molar-refractivity contribution in [1.29, 1.82) is 5.26 Å². The van der Waals surface area contributed by atoms with Crippen molar-refractivity contribution < 1.29 is 14.6 Å². The summed E-state index contributed by atoms with van der Waals surface area (Å²) in [7, 11) is 0. The molecule has 0 atom stereocenters. The maximum atomic E-state index is 12.3. The maximum Gasteiger partial charge on any atom is 0.266 e. The molecular weight excluding hydrogens is 499 g/mol. The van der Waals surface area contributed by atoms with Gasteiger partial charge in [-0.1, -0.05) is 0 Å². The van der Waals surface area contributed by atoms with Crippen molar-refractivity contribution in [1.82, 2.24) is 0 Å². The van der Waals surface area contributed by atoms with E-state index in [1.54, 1.807) is 36.4 Å². The smallest absolute Gasteiger partial charge is 0.266 e. The average molecular weight is 513 g/mol. The molecule has 2 rings (SSSR count). The minimum Gasteiger partial charge on any atom is -0.506 e. The molecular formula is C18H14BrIN2O3. The Morgan fingerprint density at radius 2 is 2.08 bits per heavy atom. The van der Waals surface area contributed by atoms with E-state index in [0.717, 1.165) is 0 Å². The molecule has 0 bridgehead atoms. The van der Waals surface area contributed by atoms with Gasteiger partial charge < -0.3 is 15.2 Å². The molecule has 0 saturated carbocycles. The molecule has 2 aromatic rings. The van der Waals surface area contributed by atoms with Crippen molar-refractivity contribution in [3.05, 3.63) is 55.6 Å². The number of ether oxygens (including phenoxy) is 1. The fourth-order valence-corrected chi connectivity index (χ4v) is 3.48. The maximum absolute atomic E-state index is 12.3. The standard InChI is InChI=1S/C18H14BrIN2O3/c1-2-25-14-5-3-13(4-6-14)22-18(24)12(10-21)7-11-8-15(19)17(23)16(20)9-11/h3-9,23H,2H2,1H3,(H,22,24)/b12-7-. The van der Waals surface area contributed by atoms with Crippen LogP contribution in [0.4, 0.5) is 5.69 Å². The van der Waals surface area contributed by atoms with Crippen molar-refractivity contribution in [2.75, 3.05) is 11.9 Å². The Bertz CT molecular complexity index is 835. The number of halogens is 2. The van der Waals surface area contributed by atoms with Crippen LogP contribution in [0.15, 0.2) is 46.4 Å². The molecule has 5 nitrogen and oxygen atoms in total. The number of nitrogens with one attached hydrogen (secondary N) is 1. The molecule has 2 aromatic carbocycles. The number of nitriles is 1. The summed E-state index contributed by atoms with van der Waals surface area (Å²) in [6.45, 7) is 2.45. The Hall–Kier alpha value is -2.05. The number of aromatic hydroxyl groups is 1. The van der Waals surface area contributed by atoms with Gasteiger partial charge in [-0.05, 0) is 93.5 Å². The topological polar surface area (TPSA) is 82.3 Å². The van der Waals surface area contributed by atoms with E-state index in [4.69, 9.17) is 4.74 Å². The minimum atomic E-state index is -0.508. The molecule has 0 unspecified atom stereocenters. The monoisotopic (exact) mass is 512 g/mol. The minimum absolute atomic E-state index is 0.0396. The van der Waals surface area contributed by atoms with Gasteiger partial charge in [0.1, 0.15) is 23.1 Å². The normalized spacial score (nSPS) is 10.9. The number of anilines is 1. The molecule has 0 fully saturated rings. The highest BCUT2D eigenvalue weighted by molar-refractivity contribution is 14.1. The van der Waals surface area contributed by atoms with Gasteiger partial charge in [0.25, 0.3) is 5.91 Å². The number of carbonyl (C=O) groups is 1. The molecule has 2 N–H and O–H groups in total. The zero-order chi connectivity index (χ0) is 18.4. The van der Waals surface area contributed by atoms with Crippen molar-refractivity contribution >= 4 is 56.2 Å². The van der Waals surface area contributed by atoms with Crippen LogP contribution in [-0.4, -0.2) is 17.6 Å². The first-order valence-electron chi connectivity index (χ1n) is 7.28. The summed E-state index contributed by atoms with van der Waals surface area (Å²) in [5.41, 5.74) is 1.16. The van der Waals surface area contributed by atoms with Crippen LogP contribution in [0.2, 0.25) is 0 Å². The van der Waals surface area contributed by atoms with E-state index in [2.05, 4.69) is 21.2 Å². The third-order valence-electron chi connectivity index (χ3n) is 3.14. The van der Waals surface area contributed by atoms with Crippen LogP contribution < -0.4 is 10.1 Å². The zero-order valence-corrected chi connectivity index (χ0v) is 17.0. The predicted molar refractivity (Wildman–Crippen MR) is 108 cm³/mol. The molecule has 0 radical (unpaired) electrons. The number of benzene rings is 2. The third-order valence-corrected chi connectivity index (χ3v) is 4.57. The predicted octanol–water partition coefficient (Wildman–Crippen LogP) is 4.70. The first kappa shape index (κ1) is 19.3. The lowest BCUT2D eigenvalue weighted by atomic mass is 10.1. The van der Waals surface area contributed by atoms with Gasteiger partial charge in [-0.15, -0.1) is 0 Å². The van der Waals surface area contributed by atoms with Crippen LogP contribution in [0.5, 0.6) is 11.5 Å². The van der Waals surface area contributed by atoms with Gasteiger partial charge in [0.05, 0.1) is 14.6 Å². The molecule has 0 aliphatic heterocycles. The first-order valence-corrected chi connectivity index (χ1v) is 9.15. The summed E-state index contributed by atoms with van der Waals surface area (Å²) < 4.78 is 6.45. The molecule has 128 valence electrons. The van der Waals surface area contributed by atoms with Crippen LogP contribution in [0.1, 0.15) is 12.5 Å². The van der Waals surface area contributed by atoms with Crippen molar-refractivity contribution in [3.8, 4) is 17.6 Å². The van der Waals surface area contributed by atoms with E-state index in [1.165, 1.54) is 6.08 Å². The Morgan fingerprint density at radius 1 is 1.40 bits per heavy atom. The highest BCUT2D eigenvalue weighted by Gasteiger charge is 2.11. The van der Waals surface area contributed by atoms with Crippen LogP contribution in [-0.2, 0) is 4.79 Å². The van der Waals surface area contributed by atoms with E-state index in [-0.39, 0.29) is 11.3 Å². The van der Waals surface area contributed by atoms with E-state index < -0.39 is 5.91 Å². The second-order valence-corrected chi connectivity index (χ2v) is 6.93. The number of amides is 1. The molecule has 1 amide bonds. The number of hydrogen-bond donors (Lipinski definition) is 2. The lowest BCUT2D eigenvalue weighted by Gasteiger charge is -2.07. The number of nitrogens with zero attached hydrogens (tertiary/aromatic N) is 1. The summed E-state index contributed by atoms with van der Waals surface area (Å²) in [5.74, 6) is 0.320. The summed E-state index contributed by atoms with van der Waals surface area (Å²) in [6.07, 6.45) is 1.47. The zero-order valence-electron chi connectivity index (χ0n) is 13.2. The fourth-order valence-electron chi connectivity index (χ4n) is 1.98. The van der Waals surface area contributed by atoms with Gasteiger partial charge in [0, 0.05) is 5.69 Å². The van der Waals surface area contributed by atoms with E-state index in [0.29, 0.717) is 31.7 Å². The third kappa shape index (κ3) is 5.21. The first-order chi connectivity index (χ1) is 11.9. The largest absolute Gasteiger partial charge is 0.506 e. The van der Waals surface area contributed by atoms with E-state index in [1.807, 2.05) is 35.6 Å². The van der Waals surface area contributed by atoms with Gasteiger partial charge in [0.2, 0.25) is 0 Å². The molecule has 7 heteroatoms. The lowest BCUT2D eigenvalue weighted by molar-refractivity contribution is -0.112. The highest BCUT2D eigenvalue weighted by Crippen LogP contribution is 2.31. The Labute approximate surface area is 167 Å². The highest BCUT2D eigenvalue weighted by atomic mass is 127. The van der Waals surface area contributed by atoms with Crippen LogP contribution in [0.25, 0.3) is 6.08 Å². The molecule has 0 spiro atoms. The second kappa shape index (κ2) is 8.87. The van der Waals surface area contributed by atoms with Crippen molar-refractivity contribution in [2.24, 2.45) is 0 Å². The molecule has 0 aromatic heterocycles. The fraction of sp³-hybridized carbons (Fsp3) is 0.111. The van der Waals surface area contributed by atoms with Crippen LogP contribution in [0, 0.1) is 14.9 Å². The molecule has 0 aliphatic carbocycles. The van der Waals surface area contributed by atoms with E-state index >= 15 is 0 Å². The SMILES string of the molecule is CCOc1ccc(NC(=O)/C(C#N)=C\c2cc(Br)c(O)c(I)c2)cc1. The number of phenols is 1. The molecule has 25 heavy (non-hydrogen) atoms. The molecule has 0 heterocycles. The Kier molecular flexibility index (Phi) is 6.84. The Morgan fingerprint density at radius 3 is 2.64 bits per heavy atom. The number of hydrogen-bond acceptors (Lipinski definition) is 4. The summed E-state index contributed by atoms with van der Waals surface area (Å²) in [4.78, 5) is 12.3.